The van der Waals surface area contributed by atoms with E-state index in [-0.39, 0.29) is 11.9 Å². The number of anilines is 1. The Morgan fingerprint density at radius 1 is 1.65 bits per heavy atom. The van der Waals surface area contributed by atoms with Crippen molar-refractivity contribution in [3.05, 3.63) is 23.5 Å². The third-order valence-electron chi connectivity index (χ3n) is 2.23. The van der Waals surface area contributed by atoms with Crippen LogP contribution in [0.5, 0.6) is 0 Å². The number of carbonyl (C=O) groups excluding carboxylic acids is 1. The summed E-state index contributed by atoms with van der Waals surface area (Å²) in [4.78, 5) is 16.0. The Kier molecular flexibility index (Phi) is 4.86. The summed E-state index contributed by atoms with van der Waals surface area (Å²) in [6.45, 7) is 4.14. The third-order valence-corrected chi connectivity index (χ3v) is 2.23. The average Bonchev–Trinajstić information content (AvgIpc) is 2.28. The van der Waals surface area contributed by atoms with Crippen molar-refractivity contribution in [3.8, 4) is 0 Å². The molecule has 1 heterocycles. The molecule has 0 spiro atoms. The van der Waals surface area contributed by atoms with Crippen molar-refractivity contribution in [1.82, 2.24) is 10.3 Å². The largest absolute Gasteiger partial charge is 0.383 e. The van der Waals surface area contributed by atoms with E-state index in [1.807, 2.05) is 13.8 Å². The Labute approximate surface area is 101 Å². The summed E-state index contributed by atoms with van der Waals surface area (Å²) in [5.74, 6) is 5.14. The topological polar surface area (TPSA) is 89.3 Å². The Bertz CT molecular complexity index is 395. The highest BCUT2D eigenvalue weighted by Crippen LogP contribution is 2.14. The molecule has 0 aliphatic rings. The van der Waals surface area contributed by atoms with Gasteiger partial charge in [-0.05, 0) is 19.9 Å². The molecule has 0 bridgehead atoms. The minimum absolute atomic E-state index is 0.0700. The van der Waals surface area contributed by atoms with E-state index in [0.29, 0.717) is 17.9 Å². The molecule has 6 nitrogen and oxygen atoms in total. The summed E-state index contributed by atoms with van der Waals surface area (Å²) >= 11 is 0. The van der Waals surface area contributed by atoms with Crippen LogP contribution in [0.1, 0.15) is 23.0 Å². The monoisotopic (exact) mass is 238 g/mol. The lowest BCUT2D eigenvalue weighted by atomic mass is 10.2. The number of aryl methyl sites for hydroxylation is 1. The molecule has 1 aromatic heterocycles. The summed E-state index contributed by atoms with van der Waals surface area (Å²) in [6, 6.07) is 1.65. The van der Waals surface area contributed by atoms with Gasteiger partial charge in [0, 0.05) is 25.0 Å². The fraction of sp³-hybridized carbons (Fsp3) is 0.455. The molecular formula is C11H18N4O2. The number of nitrogens with zero attached hydrogens (tertiary/aromatic N) is 1. The van der Waals surface area contributed by atoms with Crippen molar-refractivity contribution in [2.24, 2.45) is 5.84 Å². The van der Waals surface area contributed by atoms with Gasteiger partial charge in [0.1, 0.15) is 0 Å². The predicted octanol–water partition coefficient (Wildman–Crippen LogP) is 0.440. The zero-order valence-corrected chi connectivity index (χ0v) is 10.3. The average molecular weight is 238 g/mol. The van der Waals surface area contributed by atoms with Gasteiger partial charge in [-0.2, -0.15) is 0 Å². The number of nitrogens with one attached hydrogen (secondary N) is 2. The molecule has 1 aromatic rings. The van der Waals surface area contributed by atoms with Gasteiger partial charge < -0.3 is 15.5 Å². The lowest BCUT2D eigenvalue weighted by Crippen LogP contribution is -2.36. The van der Waals surface area contributed by atoms with Gasteiger partial charge in [0.05, 0.1) is 17.9 Å². The molecule has 1 atom stereocenters. The number of nitrogen functional groups attached to an aromatic ring is 1. The van der Waals surface area contributed by atoms with Crippen LogP contribution in [0.2, 0.25) is 0 Å². The fourth-order valence-electron chi connectivity index (χ4n) is 1.45. The smallest absolute Gasteiger partial charge is 0.255 e. The molecular weight excluding hydrogens is 220 g/mol. The molecule has 94 valence electrons. The lowest BCUT2D eigenvalue weighted by Gasteiger charge is -2.14. The summed E-state index contributed by atoms with van der Waals surface area (Å²) in [7, 11) is 1.59. The van der Waals surface area contributed by atoms with Gasteiger partial charge in [0.15, 0.2) is 0 Å². The molecule has 0 saturated heterocycles. The SMILES string of the molecule is COCC(C)NC(=O)c1cnc(C)cc1NN. The Balaban J connectivity index is 2.81. The molecule has 1 amide bonds. The first-order valence-electron chi connectivity index (χ1n) is 5.31. The molecule has 0 radical (unpaired) electrons. The number of ether oxygens (including phenoxy) is 1. The number of nitrogens with two attached hydrogens (primary N) is 1. The van der Waals surface area contributed by atoms with Crippen LogP contribution in [-0.2, 0) is 4.74 Å². The molecule has 1 unspecified atom stereocenters. The van der Waals surface area contributed by atoms with E-state index < -0.39 is 0 Å². The number of hydrogen-bond donors (Lipinski definition) is 3. The summed E-state index contributed by atoms with van der Waals surface area (Å²) in [5, 5.41) is 2.79. The number of carbonyl (C=O) groups is 1. The van der Waals surface area contributed by atoms with E-state index in [2.05, 4.69) is 15.7 Å². The van der Waals surface area contributed by atoms with Crippen LogP contribution in [0.3, 0.4) is 0 Å². The second-order valence-corrected chi connectivity index (χ2v) is 3.85. The Morgan fingerprint density at radius 2 is 2.35 bits per heavy atom. The molecule has 0 aliphatic carbocycles. The van der Waals surface area contributed by atoms with Crippen molar-refractivity contribution >= 4 is 11.6 Å². The Hall–Kier alpha value is -1.66. The van der Waals surface area contributed by atoms with E-state index in [4.69, 9.17) is 10.6 Å². The van der Waals surface area contributed by atoms with Crippen molar-refractivity contribution < 1.29 is 9.53 Å². The summed E-state index contributed by atoms with van der Waals surface area (Å²) in [6.07, 6.45) is 1.50. The molecule has 17 heavy (non-hydrogen) atoms. The van der Waals surface area contributed by atoms with Crippen molar-refractivity contribution in [2.75, 3.05) is 19.1 Å². The van der Waals surface area contributed by atoms with E-state index in [1.54, 1.807) is 13.2 Å². The molecule has 4 N–H and O–H groups in total. The first-order valence-corrected chi connectivity index (χ1v) is 5.31. The summed E-state index contributed by atoms with van der Waals surface area (Å²) in [5.41, 5.74) is 4.25. The van der Waals surface area contributed by atoms with E-state index in [0.717, 1.165) is 5.69 Å². The molecule has 1 rings (SSSR count). The van der Waals surface area contributed by atoms with Crippen LogP contribution in [0.25, 0.3) is 0 Å². The second-order valence-electron chi connectivity index (χ2n) is 3.85. The van der Waals surface area contributed by atoms with Crippen LogP contribution in [0, 0.1) is 6.92 Å². The van der Waals surface area contributed by atoms with Crippen LogP contribution < -0.4 is 16.6 Å². The first kappa shape index (κ1) is 13.4. The minimum atomic E-state index is -0.227. The molecule has 6 heteroatoms. The number of amides is 1. The predicted molar refractivity (Wildman–Crippen MR) is 65.6 cm³/mol. The van der Waals surface area contributed by atoms with Crippen LogP contribution in [0.4, 0.5) is 5.69 Å². The van der Waals surface area contributed by atoms with Gasteiger partial charge in [-0.25, -0.2) is 0 Å². The van der Waals surface area contributed by atoms with Gasteiger partial charge in [0.25, 0.3) is 5.91 Å². The highest BCUT2D eigenvalue weighted by atomic mass is 16.5. The standard InChI is InChI=1S/C11H18N4O2/c1-7-4-10(15-12)9(5-13-7)11(16)14-8(2)6-17-3/h4-5,8H,6,12H2,1-3H3,(H,13,15)(H,14,16). The maximum atomic E-state index is 11.9. The number of rotatable bonds is 5. The molecule has 0 fully saturated rings. The van der Waals surface area contributed by atoms with Crippen molar-refractivity contribution in [2.45, 2.75) is 19.9 Å². The number of hydrazine groups is 1. The van der Waals surface area contributed by atoms with Crippen LogP contribution in [-0.4, -0.2) is 30.6 Å². The lowest BCUT2D eigenvalue weighted by molar-refractivity contribution is 0.0906. The second kappa shape index (κ2) is 6.17. The van der Waals surface area contributed by atoms with Crippen LogP contribution in [0.15, 0.2) is 12.3 Å². The van der Waals surface area contributed by atoms with Gasteiger partial charge in [0.2, 0.25) is 0 Å². The summed E-state index contributed by atoms with van der Waals surface area (Å²) < 4.78 is 4.95. The minimum Gasteiger partial charge on any atom is -0.383 e. The third kappa shape index (κ3) is 3.69. The normalized spacial score (nSPS) is 12.0. The molecule has 0 aliphatic heterocycles. The molecule has 0 saturated carbocycles. The molecule has 0 aromatic carbocycles. The van der Waals surface area contributed by atoms with E-state index in [9.17, 15) is 4.79 Å². The zero-order chi connectivity index (χ0) is 12.8. The highest BCUT2D eigenvalue weighted by Gasteiger charge is 2.14. The first-order chi connectivity index (χ1) is 8.08. The Morgan fingerprint density at radius 3 is 2.94 bits per heavy atom. The van der Waals surface area contributed by atoms with Crippen molar-refractivity contribution in [3.63, 3.8) is 0 Å². The highest BCUT2D eigenvalue weighted by molar-refractivity contribution is 5.99. The van der Waals surface area contributed by atoms with Gasteiger partial charge in [-0.15, -0.1) is 0 Å². The maximum Gasteiger partial charge on any atom is 0.255 e. The fourth-order valence-corrected chi connectivity index (χ4v) is 1.45. The van der Waals surface area contributed by atoms with Gasteiger partial charge >= 0.3 is 0 Å². The van der Waals surface area contributed by atoms with E-state index in [1.165, 1.54) is 6.20 Å². The number of hydrogen-bond acceptors (Lipinski definition) is 5. The quantitative estimate of drug-likeness (QED) is 0.511. The maximum absolute atomic E-state index is 11.9. The van der Waals surface area contributed by atoms with E-state index >= 15 is 0 Å². The van der Waals surface area contributed by atoms with Gasteiger partial charge in [-0.3, -0.25) is 15.6 Å². The van der Waals surface area contributed by atoms with Crippen LogP contribution >= 0.6 is 0 Å². The number of pyridine rings is 1. The van der Waals surface area contributed by atoms with Gasteiger partial charge in [-0.1, -0.05) is 0 Å². The number of methoxy groups -OCH3 is 1. The number of aromatic nitrogens is 1. The van der Waals surface area contributed by atoms with Crippen molar-refractivity contribution in [1.29, 1.82) is 0 Å². The zero-order valence-electron chi connectivity index (χ0n) is 10.3.